The van der Waals surface area contributed by atoms with Crippen molar-refractivity contribution in [2.24, 2.45) is 5.73 Å². The van der Waals surface area contributed by atoms with Gasteiger partial charge in [0, 0.05) is 29.1 Å². The third-order valence-electron chi connectivity index (χ3n) is 4.97. The minimum atomic E-state index is -3.52. The molecule has 0 unspecified atom stereocenters. The third-order valence-corrected chi connectivity index (χ3v) is 6.08. The summed E-state index contributed by atoms with van der Waals surface area (Å²) in [5, 5.41) is 3.84. The van der Waals surface area contributed by atoms with Crippen molar-refractivity contribution in [3.63, 3.8) is 0 Å². The first-order chi connectivity index (χ1) is 13.8. The lowest BCUT2D eigenvalue weighted by molar-refractivity contribution is 0.100. The van der Waals surface area contributed by atoms with Crippen LogP contribution in [0.2, 0.25) is 0 Å². The van der Waals surface area contributed by atoms with Crippen molar-refractivity contribution in [3.8, 4) is 5.75 Å². The Labute approximate surface area is 168 Å². The summed E-state index contributed by atoms with van der Waals surface area (Å²) in [5.41, 5.74) is 9.07. The summed E-state index contributed by atoms with van der Waals surface area (Å²) in [5.74, 6) is 0.151. The molecule has 2 aromatic carbocycles. The lowest BCUT2D eigenvalue weighted by Gasteiger charge is -2.22. The van der Waals surface area contributed by atoms with E-state index in [2.05, 4.69) is 10.3 Å². The highest BCUT2D eigenvalue weighted by Crippen LogP contribution is 2.37. The molecule has 1 aliphatic heterocycles. The monoisotopic (exact) mass is 411 g/mol. The second-order valence-corrected chi connectivity index (χ2v) is 9.19. The first-order valence-electron chi connectivity index (χ1n) is 9.20. The van der Waals surface area contributed by atoms with Crippen LogP contribution in [-0.4, -0.2) is 32.2 Å². The molecular formula is C21H21N3O4S. The number of nitrogens with one attached hydrogen (secondary N) is 1. The number of benzene rings is 2. The van der Waals surface area contributed by atoms with Gasteiger partial charge in [0.15, 0.2) is 9.84 Å². The van der Waals surface area contributed by atoms with Gasteiger partial charge in [-0.1, -0.05) is 6.07 Å². The Kier molecular flexibility index (Phi) is 4.66. The molecule has 29 heavy (non-hydrogen) atoms. The summed E-state index contributed by atoms with van der Waals surface area (Å²) >= 11 is 0. The molecule has 7 nitrogen and oxygen atoms in total. The van der Waals surface area contributed by atoms with Crippen molar-refractivity contribution >= 4 is 38.0 Å². The van der Waals surface area contributed by atoms with Crippen LogP contribution in [0.3, 0.4) is 0 Å². The number of primary amides is 1. The molecule has 2 heterocycles. The fourth-order valence-corrected chi connectivity index (χ4v) is 4.57. The SMILES string of the molecule is Cc1cc(S(C)(=O)=O)c2ncc(C(N)=O)c(Nc3cccc4c3CCCO4)c2c1. The van der Waals surface area contributed by atoms with Crippen LogP contribution in [-0.2, 0) is 16.3 Å². The zero-order chi connectivity index (χ0) is 20.8. The highest BCUT2D eigenvalue weighted by molar-refractivity contribution is 7.91. The number of hydrogen-bond acceptors (Lipinski definition) is 6. The van der Waals surface area contributed by atoms with E-state index in [9.17, 15) is 13.2 Å². The van der Waals surface area contributed by atoms with E-state index >= 15 is 0 Å². The van der Waals surface area contributed by atoms with E-state index in [4.69, 9.17) is 10.5 Å². The Morgan fingerprint density at radius 2 is 2.07 bits per heavy atom. The highest BCUT2D eigenvalue weighted by Gasteiger charge is 2.22. The smallest absolute Gasteiger partial charge is 0.252 e. The van der Waals surface area contributed by atoms with Gasteiger partial charge >= 0.3 is 0 Å². The highest BCUT2D eigenvalue weighted by atomic mass is 32.2. The van der Waals surface area contributed by atoms with Gasteiger partial charge in [0.2, 0.25) is 0 Å². The molecule has 3 aromatic rings. The topological polar surface area (TPSA) is 111 Å². The van der Waals surface area contributed by atoms with Gasteiger partial charge in [0.05, 0.1) is 28.3 Å². The number of sulfone groups is 1. The second-order valence-electron chi connectivity index (χ2n) is 7.20. The first-order valence-corrected chi connectivity index (χ1v) is 11.1. The van der Waals surface area contributed by atoms with Crippen molar-refractivity contribution < 1.29 is 17.9 Å². The average molecular weight is 411 g/mol. The number of ether oxygens (including phenoxy) is 1. The molecule has 3 N–H and O–H groups in total. The molecule has 1 aromatic heterocycles. The zero-order valence-electron chi connectivity index (χ0n) is 16.2. The largest absolute Gasteiger partial charge is 0.493 e. The summed E-state index contributed by atoms with van der Waals surface area (Å²) in [6.07, 6.45) is 4.19. The van der Waals surface area contributed by atoms with Crippen LogP contribution in [0, 0.1) is 6.92 Å². The molecule has 0 fully saturated rings. The van der Waals surface area contributed by atoms with Crippen molar-refractivity contribution in [1.29, 1.82) is 0 Å². The van der Waals surface area contributed by atoms with E-state index in [1.807, 2.05) is 18.2 Å². The van der Waals surface area contributed by atoms with Crippen LogP contribution in [0.5, 0.6) is 5.75 Å². The number of nitrogens with two attached hydrogens (primary N) is 1. The number of fused-ring (bicyclic) bond motifs is 2. The second kappa shape index (κ2) is 7.04. The molecule has 0 spiro atoms. The van der Waals surface area contributed by atoms with E-state index in [1.165, 1.54) is 6.20 Å². The normalized spacial score (nSPS) is 13.6. The Bertz CT molecular complexity index is 1250. The Morgan fingerprint density at radius 3 is 2.79 bits per heavy atom. The van der Waals surface area contributed by atoms with Gasteiger partial charge in [-0.3, -0.25) is 9.78 Å². The number of aromatic nitrogens is 1. The number of anilines is 2. The number of pyridine rings is 1. The Balaban J connectivity index is 1.99. The number of aryl methyl sites for hydroxylation is 1. The Hall–Kier alpha value is -3.13. The zero-order valence-corrected chi connectivity index (χ0v) is 17.0. The van der Waals surface area contributed by atoms with Gasteiger partial charge in [0.25, 0.3) is 5.91 Å². The number of carbonyl (C=O) groups is 1. The fraction of sp³-hybridized carbons (Fsp3) is 0.238. The number of nitrogens with zero attached hydrogens (tertiary/aromatic N) is 1. The molecule has 0 radical (unpaired) electrons. The molecule has 8 heteroatoms. The molecule has 0 saturated carbocycles. The quantitative estimate of drug-likeness (QED) is 0.682. The van der Waals surface area contributed by atoms with E-state index in [1.54, 1.807) is 19.1 Å². The summed E-state index contributed by atoms with van der Waals surface area (Å²) in [6.45, 7) is 2.46. The number of carbonyl (C=O) groups excluding carboxylic acids is 1. The summed E-state index contributed by atoms with van der Waals surface area (Å²) < 4.78 is 30.3. The van der Waals surface area contributed by atoms with Gasteiger partial charge in [-0.25, -0.2) is 8.42 Å². The van der Waals surface area contributed by atoms with Gasteiger partial charge in [-0.05, 0) is 49.6 Å². The van der Waals surface area contributed by atoms with Crippen LogP contribution in [0.4, 0.5) is 11.4 Å². The van der Waals surface area contributed by atoms with Crippen LogP contribution >= 0.6 is 0 Å². The van der Waals surface area contributed by atoms with Gasteiger partial charge in [-0.2, -0.15) is 0 Å². The molecule has 1 aliphatic rings. The maximum Gasteiger partial charge on any atom is 0.252 e. The number of amides is 1. The minimum absolute atomic E-state index is 0.116. The predicted octanol–water partition coefficient (Wildman–Crippen LogP) is 3.11. The summed E-state index contributed by atoms with van der Waals surface area (Å²) in [7, 11) is -3.52. The van der Waals surface area contributed by atoms with Crippen LogP contribution in [0.25, 0.3) is 10.9 Å². The van der Waals surface area contributed by atoms with Gasteiger partial charge < -0.3 is 15.8 Å². The maximum absolute atomic E-state index is 12.3. The van der Waals surface area contributed by atoms with E-state index in [0.717, 1.165) is 41.7 Å². The molecular weight excluding hydrogens is 390 g/mol. The molecule has 0 aliphatic carbocycles. The molecule has 0 bridgehead atoms. The molecule has 0 atom stereocenters. The van der Waals surface area contributed by atoms with Crippen molar-refractivity contribution in [3.05, 3.63) is 53.2 Å². The van der Waals surface area contributed by atoms with Crippen LogP contribution < -0.4 is 15.8 Å². The summed E-state index contributed by atoms with van der Waals surface area (Å²) in [6, 6.07) is 9.06. The minimum Gasteiger partial charge on any atom is -0.493 e. The summed E-state index contributed by atoms with van der Waals surface area (Å²) in [4.78, 5) is 16.5. The first kappa shape index (κ1) is 19.2. The molecule has 4 rings (SSSR count). The van der Waals surface area contributed by atoms with Crippen molar-refractivity contribution in [1.82, 2.24) is 4.98 Å². The third kappa shape index (κ3) is 3.51. The molecule has 1 amide bonds. The molecule has 0 saturated heterocycles. The van der Waals surface area contributed by atoms with Gasteiger partial charge in [-0.15, -0.1) is 0 Å². The lowest BCUT2D eigenvalue weighted by Crippen LogP contribution is -2.16. The van der Waals surface area contributed by atoms with E-state index in [-0.39, 0.29) is 10.5 Å². The predicted molar refractivity (Wildman–Crippen MR) is 112 cm³/mol. The van der Waals surface area contributed by atoms with Crippen LogP contribution in [0.1, 0.15) is 27.9 Å². The van der Waals surface area contributed by atoms with Crippen molar-refractivity contribution in [2.75, 3.05) is 18.2 Å². The Morgan fingerprint density at radius 1 is 1.28 bits per heavy atom. The fourth-order valence-electron chi connectivity index (χ4n) is 3.65. The average Bonchev–Trinajstić information content (AvgIpc) is 2.67. The van der Waals surface area contributed by atoms with E-state index in [0.29, 0.717) is 23.2 Å². The number of rotatable bonds is 4. The van der Waals surface area contributed by atoms with Crippen molar-refractivity contribution in [2.45, 2.75) is 24.7 Å². The van der Waals surface area contributed by atoms with Crippen LogP contribution in [0.15, 0.2) is 41.4 Å². The lowest BCUT2D eigenvalue weighted by atomic mass is 10.0. The standard InChI is InChI=1S/C21H21N3O4S/c1-12-9-14-19(24-16-6-3-7-17-13(16)5-4-8-28-17)15(21(22)25)11-23-20(14)18(10-12)29(2,26)27/h3,6-7,9-11H,4-5,8H2,1-2H3,(H2,22,25)(H,23,24). The van der Waals surface area contributed by atoms with Gasteiger partial charge in [0.1, 0.15) is 5.75 Å². The number of hydrogen-bond donors (Lipinski definition) is 2. The maximum atomic E-state index is 12.3. The van der Waals surface area contributed by atoms with E-state index < -0.39 is 15.7 Å². The molecule has 150 valence electrons.